The molecule has 0 unspecified atom stereocenters. The van der Waals surface area contributed by atoms with E-state index in [2.05, 4.69) is 4.98 Å². The van der Waals surface area contributed by atoms with Gasteiger partial charge in [-0.15, -0.1) is 0 Å². The van der Waals surface area contributed by atoms with Gasteiger partial charge in [0.05, 0.1) is 20.5 Å². The highest BCUT2D eigenvalue weighted by Crippen LogP contribution is 2.31. The van der Waals surface area contributed by atoms with Gasteiger partial charge in [-0.05, 0) is 42.0 Å². The van der Waals surface area contributed by atoms with E-state index in [0.29, 0.717) is 42.4 Å². The molecule has 1 aromatic heterocycles. The van der Waals surface area contributed by atoms with Gasteiger partial charge in [-0.25, -0.2) is 9.78 Å². The van der Waals surface area contributed by atoms with Crippen LogP contribution in [-0.4, -0.2) is 36.2 Å². The average molecular weight is 481 g/mol. The summed E-state index contributed by atoms with van der Waals surface area (Å²) in [6.07, 6.45) is -1.55. The Bertz CT molecular complexity index is 1020. The Morgan fingerprint density at radius 1 is 1.09 bits per heavy atom. The standard InChI is InChI=1S/C24H26F3NO6/c1-32-15-19(23(31)33-2)18-10-7-6-9-17(18)14-34-21-13-16(8-4-3-5-11-22(29)30)12-20(28-21)24(25,26)27/h6-7,9-10,12-13,15H,3-5,8,11,14H2,1-2H3,(H,29,30)/b19-15-. The summed E-state index contributed by atoms with van der Waals surface area (Å²) in [5.74, 6) is -1.76. The number of carbonyl (C=O) groups excluding carboxylic acids is 1. The third kappa shape index (κ3) is 8.09. The SMILES string of the molecule is CO/C=C(\C(=O)OC)c1ccccc1COc1cc(CCCCCC(=O)O)cc(C(F)(F)F)n1. The summed E-state index contributed by atoms with van der Waals surface area (Å²) in [5.41, 5.74) is 0.402. The molecule has 7 nitrogen and oxygen atoms in total. The fourth-order valence-corrected chi connectivity index (χ4v) is 3.21. The normalized spacial score (nSPS) is 11.7. The van der Waals surface area contributed by atoms with E-state index >= 15 is 0 Å². The first-order chi connectivity index (χ1) is 16.2. The highest BCUT2D eigenvalue weighted by Gasteiger charge is 2.33. The molecule has 0 saturated heterocycles. The van der Waals surface area contributed by atoms with E-state index in [4.69, 9.17) is 19.3 Å². The number of pyridine rings is 1. The summed E-state index contributed by atoms with van der Waals surface area (Å²) < 4.78 is 55.4. The lowest BCUT2D eigenvalue weighted by Gasteiger charge is -2.14. The molecule has 34 heavy (non-hydrogen) atoms. The summed E-state index contributed by atoms with van der Waals surface area (Å²) in [6, 6.07) is 9.10. The topological polar surface area (TPSA) is 95.0 Å². The van der Waals surface area contributed by atoms with Crippen molar-refractivity contribution in [2.24, 2.45) is 0 Å². The van der Waals surface area contributed by atoms with Crippen molar-refractivity contribution in [3.05, 3.63) is 65.0 Å². The number of rotatable bonds is 12. The molecule has 0 saturated carbocycles. The number of methoxy groups -OCH3 is 2. The molecule has 0 amide bonds. The number of esters is 1. The van der Waals surface area contributed by atoms with Gasteiger partial charge in [0.15, 0.2) is 0 Å². The van der Waals surface area contributed by atoms with Crippen molar-refractivity contribution in [3.63, 3.8) is 0 Å². The average Bonchev–Trinajstić information content (AvgIpc) is 2.80. The molecule has 2 aromatic rings. The van der Waals surface area contributed by atoms with Gasteiger partial charge >= 0.3 is 18.1 Å². The van der Waals surface area contributed by atoms with Crippen LogP contribution in [0.15, 0.2) is 42.7 Å². The zero-order chi connectivity index (χ0) is 25.1. The first-order valence-electron chi connectivity index (χ1n) is 10.5. The Hall–Kier alpha value is -3.56. The largest absolute Gasteiger partial charge is 0.503 e. The van der Waals surface area contributed by atoms with E-state index in [1.807, 2.05) is 0 Å². The van der Waals surface area contributed by atoms with Gasteiger partial charge in [-0.1, -0.05) is 30.7 Å². The van der Waals surface area contributed by atoms with Crippen molar-refractivity contribution >= 4 is 17.5 Å². The number of carboxylic acids is 1. The molecule has 0 bridgehead atoms. The van der Waals surface area contributed by atoms with Crippen LogP contribution in [0.1, 0.15) is 48.1 Å². The minimum Gasteiger partial charge on any atom is -0.503 e. The molecular formula is C24H26F3NO6. The lowest BCUT2D eigenvalue weighted by atomic mass is 10.0. The molecule has 0 aliphatic rings. The van der Waals surface area contributed by atoms with Gasteiger partial charge in [0.25, 0.3) is 0 Å². The number of nitrogens with zero attached hydrogens (tertiary/aromatic N) is 1. The van der Waals surface area contributed by atoms with Crippen molar-refractivity contribution < 1.29 is 42.1 Å². The second-order valence-electron chi connectivity index (χ2n) is 7.36. The van der Waals surface area contributed by atoms with E-state index in [-0.39, 0.29) is 24.5 Å². The molecule has 0 atom stereocenters. The minimum atomic E-state index is -4.66. The number of ether oxygens (including phenoxy) is 3. The Labute approximate surface area is 195 Å². The van der Waals surface area contributed by atoms with Crippen LogP contribution in [0.3, 0.4) is 0 Å². The van der Waals surface area contributed by atoms with E-state index in [9.17, 15) is 22.8 Å². The number of aliphatic carboxylic acids is 1. The Morgan fingerprint density at radius 3 is 2.47 bits per heavy atom. The Balaban J connectivity index is 2.23. The second kappa shape index (κ2) is 12.6. The molecule has 184 valence electrons. The van der Waals surface area contributed by atoms with E-state index in [0.717, 1.165) is 6.07 Å². The molecule has 10 heteroatoms. The van der Waals surface area contributed by atoms with Crippen LogP contribution in [0.5, 0.6) is 5.88 Å². The van der Waals surface area contributed by atoms with Crippen LogP contribution < -0.4 is 4.74 Å². The van der Waals surface area contributed by atoms with Crippen molar-refractivity contribution in [1.29, 1.82) is 0 Å². The minimum absolute atomic E-state index is 0.0169. The predicted molar refractivity (Wildman–Crippen MR) is 117 cm³/mol. The smallest absolute Gasteiger partial charge is 0.433 e. The van der Waals surface area contributed by atoms with E-state index in [1.165, 1.54) is 26.5 Å². The van der Waals surface area contributed by atoms with Crippen LogP contribution in [0.2, 0.25) is 0 Å². The Kier molecular flexibility index (Phi) is 9.91. The molecule has 0 fully saturated rings. The number of halogens is 3. The number of aryl methyl sites for hydroxylation is 1. The maximum absolute atomic E-state index is 13.4. The summed E-state index contributed by atoms with van der Waals surface area (Å²) in [7, 11) is 2.60. The fraction of sp³-hybridized carbons (Fsp3) is 0.375. The summed E-state index contributed by atoms with van der Waals surface area (Å²) in [6.45, 7) is -0.152. The number of carboxylic acid groups (broad SMARTS) is 1. The first-order valence-corrected chi connectivity index (χ1v) is 10.5. The third-order valence-corrected chi connectivity index (χ3v) is 4.83. The Morgan fingerprint density at radius 2 is 1.82 bits per heavy atom. The van der Waals surface area contributed by atoms with Gasteiger partial charge in [-0.3, -0.25) is 4.79 Å². The summed E-state index contributed by atoms with van der Waals surface area (Å²) >= 11 is 0. The summed E-state index contributed by atoms with van der Waals surface area (Å²) in [4.78, 5) is 26.3. The maximum atomic E-state index is 13.4. The predicted octanol–water partition coefficient (Wildman–Crippen LogP) is 5.03. The monoisotopic (exact) mass is 481 g/mol. The lowest BCUT2D eigenvalue weighted by Crippen LogP contribution is -2.11. The fourth-order valence-electron chi connectivity index (χ4n) is 3.21. The van der Waals surface area contributed by atoms with Crippen LogP contribution in [0, 0.1) is 0 Å². The number of aromatic nitrogens is 1. The number of alkyl halides is 3. The van der Waals surface area contributed by atoms with Gasteiger partial charge < -0.3 is 19.3 Å². The molecule has 0 radical (unpaired) electrons. The lowest BCUT2D eigenvalue weighted by molar-refractivity contribution is -0.141. The van der Waals surface area contributed by atoms with Gasteiger partial charge in [-0.2, -0.15) is 13.2 Å². The molecule has 1 N–H and O–H groups in total. The molecule has 0 spiro atoms. The number of unbranched alkanes of at least 4 members (excludes halogenated alkanes) is 2. The van der Waals surface area contributed by atoms with Gasteiger partial charge in [0.2, 0.25) is 5.88 Å². The highest BCUT2D eigenvalue weighted by molar-refractivity contribution is 6.16. The van der Waals surface area contributed by atoms with Crippen molar-refractivity contribution in [3.8, 4) is 5.88 Å². The van der Waals surface area contributed by atoms with Crippen LogP contribution in [0.4, 0.5) is 13.2 Å². The summed E-state index contributed by atoms with van der Waals surface area (Å²) in [5, 5.41) is 8.69. The zero-order valence-electron chi connectivity index (χ0n) is 18.9. The molecule has 2 rings (SSSR count). The van der Waals surface area contributed by atoms with Crippen molar-refractivity contribution in [2.45, 2.75) is 44.9 Å². The van der Waals surface area contributed by atoms with Gasteiger partial charge in [0.1, 0.15) is 17.9 Å². The molecule has 0 aliphatic heterocycles. The van der Waals surface area contributed by atoms with Crippen molar-refractivity contribution in [2.75, 3.05) is 14.2 Å². The number of carbonyl (C=O) groups is 2. The zero-order valence-corrected chi connectivity index (χ0v) is 18.9. The third-order valence-electron chi connectivity index (χ3n) is 4.83. The number of benzene rings is 1. The van der Waals surface area contributed by atoms with Crippen molar-refractivity contribution in [1.82, 2.24) is 4.98 Å². The number of hydrogen-bond donors (Lipinski definition) is 1. The second-order valence-corrected chi connectivity index (χ2v) is 7.36. The molecule has 1 heterocycles. The quantitative estimate of drug-likeness (QED) is 0.197. The first kappa shape index (κ1) is 26.7. The number of hydrogen-bond acceptors (Lipinski definition) is 6. The van der Waals surface area contributed by atoms with E-state index in [1.54, 1.807) is 24.3 Å². The molecule has 0 aliphatic carbocycles. The molecule has 1 aromatic carbocycles. The van der Waals surface area contributed by atoms with Gasteiger partial charge in [0, 0.05) is 12.5 Å². The van der Waals surface area contributed by atoms with E-state index < -0.39 is 23.8 Å². The van der Waals surface area contributed by atoms with Crippen LogP contribution in [0.25, 0.3) is 5.57 Å². The maximum Gasteiger partial charge on any atom is 0.433 e. The van der Waals surface area contributed by atoms with Crippen LogP contribution >= 0.6 is 0 Å². The van der Waals surface area contributed by atoms with Crippen LogP contribution in [-0.2, 0) is 38.3 Å². The highest BCUT2D eigenvalue weighted by atomic mass is 19.4. The molecular weight excluding hydrogens is 455 g/mol.